The quantitative estimate of drug-likeness (QED) is 0.365. The lowest BCUT2D eigenvalue weighted by Gasteiger charge is -2.38. The molecular formula is C13H8F12O. The second-order valence-corrected chi connectivity index (χ2v) is 5.35. The standard InChI is InChI=1S/C13H8F12O/c1-10(26-2,3-11(19,12(20,21)22)13(23,24)25)4-5(14)7(16)9(18)8(17)6(4)15/h3H2,1-2H3. The van der Waals surface area contributed by atoms with Gasteiger partial charge in [-0.25, -0.2) is 26.3 Å². The first-order valence-electron chi connectivity index (χ1n) is 6.34. The van der Waals surface area contributed by atoms with Crippen LogP contribution in [0.25, 0.3) is 0 Å². The summed E-state index contributed by atoms with van der Waals surface area (Å²) in [7, 11) is 0.311. The van der Waals surface area contributed by atoms with Gasteiger partial charge in [0.25, 0.3) is 0 Å². The Kier molecular flexibility index (Phi) is 5.59. The molecule has 1 rings (SSSR count). The van der Waals surface area contributed by atoms with E-state index in [1.54, 1.807) is 0 Å². The van der Waals surface area contributed by atoms with Crippen molar-refractivity contribution < 1.29 is 57.4 Å². The third kappa shape index (κ3) is 3.32. The molecule has 1 unspecified atom stereocenters. The van der Waals surface area contributed by atoms with Crippen LogP contribution in [0.15, 0.2) is 0 Å². The predicted molar refractivity (Wildman–Crippen MR) is 61.2 cm³/mol. The van der Waals surface area contributed by atoms with Gasteiger partial charge in [-0.1, -0.05) is 0 Å². The van der Waals surface area contributed by atoms with Crippen molar-refractivity contribution in [2.45, 2.75) is 37.0 Å². The molecule has 0 radical (unpaired) electrons. The van der Waals surface area contributed by atoms with Crippen LogP contribution in [0.3, 0.4) is 0 Å². The number of hydrogen-bond acceptors (Lipinski definition) is 1. The number of alkyl halides is 7. The number of ether oxygens (including phenoxy) is 1. The fraction of sp³-hybridized carbons (Fsp3) is 0.538. The van der Waals surface area contributed by atoms with Gasteiger partial charge in [-0.2, -0.15) is 26.3 Å². The van der Waals surface area contributed by atoms with Crippen molar-refractivity contribution in [3.63, 3.8) is 0 Å². The molecule has 0 aliphatic carbocycles. The fourth-order valence-electron chi connectivity index (χ4n) is 2.16. The van der Waals surface area contributed by atoms with E-state index in [2.05, 4.69) is 4.74 Å². The van der Waals surface area contributed by atoms with Crippen molar-refractivity contribution in [3.8, 4) is 0 Å². The van der Waals surface area contributed by atoms with Gasteiger partial charge < -0.3 is 4.74 Å². The summed E-state index contributed by atoms with van der Waals surface area (Å²) in [5.41, 5.74) is -11.8. The molecule has 26 heavy (non-hydrogen) atoms. The number of hydrogen-bond donors (Lipinski definition) is 0. The summed E-state index contributed by atoms with van der Waals surface area (Å²) in [6.07, 6.45) is -16.1. The molecule has 13 heteroatoms. The third-order valence-electron chi connectivity index (χ3n) is 3.67. The Morgan fingerprint density at radius 2 is 0.962 bits per heavy atom. The SMILES string of the molecule is COC(C)(CC(F)(C(F)(F)F)C(F)(F)F)c1c(F)c(F)c(F)c(F)c1F. The van der Waals surface area contributed by atoms with Crippen molar-refractivity contribution in [3.05, 3.63) is 34.6 Å². The van der Waals surface area contributed by atoms with E-state index in [9.17, 15) is 52.7 Å². The zero-order valence-electron chi connectivity index (χ0n) is 12.7. The molecule has 1 aromatic carbocycles. The molecule has 0 N–H and O–H groups in total. The maximum atomic E-state index is 13.9. The Morgan fingerprint density at radius 1 is 0.654 bits per heavy atom. The van der Waals surface area contributed by atoms with Crippen LogP contribution >= 0.6 is 0 Å². The zero-order valence-corrected chi connectivity index (χ0v) is 12.7. The highest BCUT2D eigenvalue weighted by molar-refractivity contribution is 5.30. The molecule has 0 fully saturated rings. The maximum Gasteiger partial charge on any atom is 0.431 e. The minimum absolute atomic E-state index is 0.122. The summed E-state index contributed by atoms with van der Waals surface area (Å²) in [6, 6.07) is 0. The van der Waals surface area contributed by atoms with E-state index in [1.165, 1.54) is 0 Å². The lowest BCUT2D eigenvalue weighted by molar-refractivity contribution is -0.353. The zero-order chi connectivity index (χ0) is 20.9. The molecule has 1 nitrogen and oxygen atoms in total. The van der Waals surface area contributed by atoms with Gasteiger partial charge in [0.05, 0.1) is 11.2 Å². The van der Waals surface area contributed by atoms with Gasteiger partial charge in [-0.3, -0.25) is 0 Å². The molecule has 0 aliphatic heterocycles. The van der Waals surface area contributed by atoms with E-state index in [0.717, 1.165) is 0 Å². The second-order valence-electron chi connectivity index (χ2n) is 5.35. The van der Waals surface area contributed by atoms with E-state index in [-0.39, 0.29) is 6.92 Å². The third-order valence-corrected chi connectivity index (χ3v) is 3.67. The second kappa shape index (κ2) is 6.50. The van der Waals surface area contributed by atoms with Crippen molar-refractivity contribution in [1.29, 1.82) is 0 Å². The van der Waals surface area contributed by atoms with E-state index >= 15 is 0 Å². The van der Waals surface area contributed by atoms with Gasteiger partial charge in [-0.15, -0.1) is 0 Å². The summed E-state index contributed by atoms with van der Waals surface area (Å²) >= 11 is 0. The normalized spacial score (nSPS) is 15.9. The monoisotopic (exact) mass is 408 g/mol. The topological polar surface area (TPSA) is 9.23 Å². The molecule has 1 atom stereocenters. The summed E-state index contributed by atoms with van der Waals surface area (Å²) < 4.78 is 161. The molecule has 0 aliphatic rings. The molecule has 1 aromatic rings. The van der Waals surface area contributed by atoms with Crippen molar-refractivity contribution >= 4 is 0 Å². The minimum Gasteiger partial charge on any atom is -0.373 e. The molecular weight excluding hydrogens is 400 g/mol. The Hall–Kier alpha value is -1.66. The van der Waals surface area contributed by atoms with Crippen LogP contribution < -0.4 is 0 Å². The number of methoxy groups -OCH3 is 1. The summed E-state index contributed by atoms with van der Waals surface area (Å²) in [5, 5.41) is 0. The predicted octanol–water partition coefficient (Wildman–Crippen LogP) is 5.47. The van der Waals surface area contributed by atoms with E-state index < -0.39 is 64.7 Å². The Balaban J connectivity index is 3.75. The van der Waals surface area contributed by atoms with Gasteiger partial charge in [0.15, 0.2) is 23.3 Å². The van der Waals surface area contributed by atoms with E-state index in [0.29, 0.717) is 7.11 Å². The average molecular weight is 408 g/mol. The molecule has 150 valence electrons. The van der Waals surface area contributed by atoms with Crippen LogP contribution in [-0.2, 0) is 10.3 Å². The van der Waals surface area contributed by atoms with Gasteiger partial charge >= 0.3 is 18.0 Å². The molecule has 0 aromatic heterocycles. The largest absolute Gasteiger partial charge is 0.431 e. The fourth-order valence-corrected chi connectivity index (χ4v) is 2.16. The van der Waals surface area contributed by atoms with E-state index in [4.69, 9.17) is 0 Å². The van der Waals surface area contributed by atoms with Crippen LogP contribution in [0.2, 0.25) is 0 Å². The van der Waals surface area contributed by atoms with Gasteiger partial charge in [-0.05, 0) is 6.92 Å². The highest BCUT2D eigenvalue weighted by Gasteiger charge is 2.74. The molecule has 0 amide bonds. The van der Waals surface area contributed by atoms with Crippen molar-refractivity contribution in [2.24, 2.45) is 0 Å². The van der Waals surface area contributed by atoms with Crippen molar-refractivity contribution in [2.75, 3.05) is 7.11 Å². The van der Waals surface area contributed by atoms with Gasteiger partial charge in [0, 0.05) is 13.5 Å². The highest BCUT2D eigenvalue weighted by Crippen LogP contribution is 2.53. The van der Waals surface area contributed by atoms with Crippen LogP contribution in [0, 0.1) is 29.1 Å². The summed E-state index contributed by atoms with van der Waals surface area (Å²) in [6.45, 7) is 0.122. The molecule has 0 saturated heterocycles. The number of rotatable bonds is 4. The van der Waals surface area contributed by atoms with Crippen molar-refractivity contribution in [1.82, 2.24) is 0 Å². The first-order chi connectivity index (χ1) is 11.4. The Morgan fingerprint density at radius 3 is 1.23 bits per heavy atom. The maximum absolute atomic E-state index is 13.9. The van der Waals surface area contributed by atoms with E-state index in [1.807, 2.05) is 0 Å². The van der Waals surface area contributed by atoms with Crippen LogP contribution in [0.4, 0.5) is 52.7 Å². The number of benzene rings is 1. The average Bonchev–Trinajstić information content (AvgIpc) is 2.48. The van der Waals surface area contributed by atoms with Crippen LogP contribution in [0.1, 0.15) is 18.9 Å². The number of halogens is 12. The lowest BCUT2D eigenvalue weighted by Crippen LogP contribution is -2.56. The molecule has 0 spiro atoms. The summed E-state index contributed by atoms with van der Waals surface area (Å²) in [5.74, 6) is -13.5. The Bertz CT molecular complexity index is 649. The van der Waals surface area contributed by atoms with Crippen LogP contribution in [0.5, 0.6) is 0 Å². The molecule has 0 bridgehead atoms. The Labute approximate surface area is 137 Å². The molecule has 0 heterocycles. The first-order valence-corrected chi connectivity index (χ1v) is 6.34. The van der Waals surface area contributed by atoms with Gasteiger partial charge in [0.1, 0.15) is 0 Å². The lowest BCUT2D eigenvalue weighted by atomic mass is 9.82. The highest BCUT2D eigenvalue weighted by atomic mass is 19.4. The van der Waals surface area contributed by atoms with Gasteiger partial charge in [0.2, 0.25) is 5.82 Å². The smallest absolute Gasteiger partial charge is 0.373 e. The van der Waals surface area contributed by atoms with Crippen LogP contribution in [-0.4, -0.2) is 25.1 Å². The first kappa shape index (κ1) is 22.4. The summed E-state index contributed by atoms with van der Waals surface area (Å²) in [4.78, 5) is 0. The minimum atomic E-state index is -6.63. The molecule has 0 saturated carbocycles.